The predicted molar refractivity (Wildman–Crippen MR) is 147 cm³/mol. The van der Waals surface area contributed by atoms with Gasteiger partial charge in [-0.3, -0.25) is 19.2 Å². The van der Waals surface area contributed by atoms with Gasteiger partial charge in [-0.1, -0.05) is 37.3 Å². The number of amides is 3. The van der Waals surface area contributed by atoms with Gasteiger partial charge in [-0.25, -0.2) is 4.79 Å². The lowest BCUT2D eigenvalue weighted by Gasteiger charge is -2.27. The number of anilines is 1. The van der Waals surface area contributed by atoms with Crippen LogP contribution in [0.5, 0.6) is 0 Å². The molecule has 39 heavy (non-hydrogen) atoms. The Hall–Kier alpha value is -4.01. The quantitative estimate of drug-likeness (QED) is 0.425. The summed E-state index contributed by atoms with van der Waals surface area (Å²) < 4.78 is 5.32. The molecule has 9 heteroatoms. The van der Waals surface area contributed by atoms with Crippen molar-refractivity contribution in [1.29, 1.82) is 0 Å². The number of hydrogen-bond acceptors (Lipinski definition) is 6. The summed E-state index contributed by atoms with van der Waals surface area (Å²) in [5.74, 6) is -2.30. The lowest BCUT2D eigenvalue weighted by Crippen LogP contribution is -2.46. The Bertz CT molecular complexity index is 1180. The van der Waals surface area contributed by atoms with Crippen LogP contribution in [0, 0.1) is 5.92 Å². The third kappa shape index (κ3) is 8.49. The van der Waals surface area contributed by atoms with E-state index in [1.807, 2.05) is 30.3 Å². The van der Waals surface area contributed by atoms with Crippen LogP contribution in [0.4, 0.5) is 5.69 Å². The zero-order valence-electron chi connectivity index (χ0n) is 22.9. The number of likely N-dealkylation sites (tertiary alicyclic amines) is 1. The summed E-state index contributed by atoms with van der Waals surface area (Å²) in [6.45, 7) is 7.03. The van der Waals surface area contributed by atoms with E-state index in [0.717, 1.165) is 5.56 Å². The smallest absolute Gasteiger partial charge is 0.329 e. The molecule has 2 aromatic carbocycles. The van der Waals surface area contributed by atoms with Crippen LogP contribution in [-0.2, 0) is 30.3 Å². The number of nitrogens with zero attached hydrogens (tertiary/aromatic N) is 1. The van der Waals surface area contributed by atoms with Gasteiger partial charge in [0.05, 0.1) is 12.1 Å². The molecule has 0 bridgehead atoms. The van der Waals surface area contributed by atoms with E-state index in [4.69, 9.17) is 4.74 Å². The number of carbonyl (C=O) groups is 5. The molecule has 0 aliphatic carbocycles. The predicted octanol–water partition coefficient (Wildman–Crippen LogP) is 3.52. The lowest BCUT2D eigenvalue weighted by molar-refractivity contribution is -0.157. The largest absolute Gasteiger partial charge is 0.461 e. The number of carbonyl (C=O) groups excluding carboxylic acids is 5. The summed E-state index contributed by atoms with van der Waals surface area (Å²) in [4.78, 5) is 65.0. The average molecular weight is 536 g/mol. The van der Waals surface area contributed by atoms with E-state index in [1.54, 1.807) is 45.0 Å². The fourth-order valence-electron chi connectivity index (χ4n) is 4.65. The molecule has 0 radical (unpaired) electrons. The molecular formula is C30H37N3O6. The minimum absolute atomic E-state index is 0.0828. The average Bonchev–Trinajstić information content (AvgIpc) is 3.38. The van der Waals surface area contributed by atoms with Crippen molar-refractivity contribution in [1.82, 2.24) is 10.2 Å². The minimum Gasteiger partial charge on any atom is -0.461 e. The van der Waals surface area contributed by atoms with Gasteiger partial charge < -0.3 is 20.3 Å². The highest BCUT2D eigenvalue weighted by atomic mass is 16.5. The maximum atomic E-state index is 13.5. The van der Waals surface area contributed by atoms with Crippen LogP contribution in [0.25, 0.3) is 0 Å². The molecule has 1 saturated heterocycles. The van der Waals surface area contributed by atoms with E-state index in [0.29, 0.717) is 30.6 Å². The Balaban J connectivity index is 1.71. The Kier molecular flexibility index (Phi) is 10.4. The highest BCUT2D eigenvalue weighted by Gasteiger charge is 2.38. The number of Topliss-reactive ketones (excluding diaryl/α,β-unsaturated/α-hetero) is 1. The number of ketones is 1. The molecule has 3 rings (SSSR count). The Morgan fingerprint density at radius 2 is 1.64 bits per heavy atom. The zero-order chi connectivity index (χ0) is 28.5. The van der Waals surface area contributed by atoms with E-state index in [2.05, 4.69) is 10.6 Å². The van der Waals surface area contributed by atoms with Crippen molar-refractivity contribution < 1.29 is 28.7 Å². The normalized spacial score (nSPS) is 16.3. The fraction of sp³-hybridized carbons (Fsp3) is 0.433. The first kappa shape index (κ1) is 29.5. The topological polar surface area (TPSA) is 122 Å². The number of benzene rings is 2. The third-order valence-electron chi connectivity index (χ3n) is 6.53. The minimum atomic E-state index is -0.856. The van der Waals surface area contributed by atoms with Crippen molar-refractivity contribution in [2.45, 2.75) is 71.6 Å². The molecule has 0 spiro atoms. The highest BCUT2D eigenvalue weighted by molar-refractivity contribution is 5.99. The molecule has 9 nitrogen and oxygen atoms in total. The van der Waals surface area contributed by atoms with Gasteiger partial charge in [0.1, 0.15) is 6.04 Å². The van der Waals surface area contributed by atoms with Crippen molar-refractivity contribution in [3.63, 3.8) is 0 Å². The Labute approximate surface area is 229 Å². The molecule has 2 N–H and O–H groups in total. The lowest BCUT2D eigenvalue weighted by atomic mass is 9.94. The molecule has 0 aromatic heterocycles. The number of nitrogens with one attached hydrogen (secondary N) is 2. The van der Waals surface area contributed by atoms with Crippen LogP contribution < -0.4 is 10.6 Å². The van der Waals surface area contributed by atoms with Gasteiger partial charge >= 0.3 is 5.97 Å². The standard InChI is InChI=1S/C30H37N3O6/c1-19(2)39-30(38)26-11-8-16-33(26)29(37)20(3)17-27(35)25(18-22-9-6-5-7-10-22)32-28(36)23-12-14-24(15-13-23)31-21(4)34/h5-7,9-10,12-15,19-20,25-26H,8,11,16-18H2,1-4H3,(H,31,34)(H,32,36)/t20?,25?,26-/m0/s1. The maximum absolute atomic E-state index is 13.5. The maximum Gasteiger partial charge on any atom is 0.329 e. The van der Waals surface area contributed by atoms with E-state index in [-0.39, 0.29) is 36.5 Å². The first-order valence-corrected chi connectivity index (χ1v) is 13.3. The number of rotatable bonds is 11. The SMILES string of the molecule is CC(=O)Nc1ccc(C(=O)NC(Cc2ccccc2)C(=O)CC(C)C(=O)N2CCC[C@H]2C(=O)OC(C)C)cc1. The second-order valence-electron chi connectivity index (χ2n) is 10.2. The van der Waals surface area contributed by atoms with E-state index in [9.17, 15) is 24.0 Å². The molecule has 1 heterocycles. The van der Waals surface area contributed by atoms with Gasteiger partial charge in [-0.15, -0.1) is 0 Å². The van der Waals surface area contributed by atoms with Gasteiger partial charge in [0.15, 0.2) is 5.78 Å². The van der Waals surface area contributed by atoms with Gasteiger partial charge in [0.25, 0.3) is 5.91 Å². The fourth-order valence-corrected chi connectivity index (χ4v) is 4.65. The van der Waals surface area contributed by atoms with Crippen molar-refractivity contribution in [3.8, 4) is 0 Å². The van der Waals surface area contributed by atoms with E-state index < -0.39 is 29.9 Å². The second-order valence-corrected chi connectivity index (χ2v) is 10.2. The van der Waals surface area contributed by atoms with Gasteiger partial charge in [-0.2, -0.15) is 0 Å². The van der Waals surface area contributed by atoms with Crippen LogP contribution in [0.1, 0.15) is 62.9 Å². The number of ether oxygens (including phenoxy) is 1. The summed E-state index contributed by atoms with van der Waals surface area (Å²) in [6.07, 6.45) is 1.13. The summed E-state index contributed by atoms with van der Waals surface area (Å²) in [5, 5.41) is 5.48. The molecular weight excluding hydrogens is 498 g/mol. The van der Waals surface area contributed by atoms with Gasteiger partial charge in [0.2, 0.25) is 11.8 Å². The Morgan fingerprint density at radius 3 is 2.26 bits per heavy atom. The van der Waals surface area contributed by atoms with Crippen LogP contribution >= 0.6 is 0 Å². The first-order valence-electron chi connectivity index (χ1n) is 13.3. The van der Waals surface area contributed by atoms with Crippen molar-refractivity contribution in [3.05, 3.63) is 65.7 Å². The van der Waals surface area contributed by atoms with Crippen LogP contribution in [0.2, 0.25) is 0 Å². The third-order valence-corrected chi connectivity index (χ3v) is 6.53. The second kappa shape index (κ2) is 13.7. The summed E-state index contributed by atoms with van der Waals surface area (Å²) in [7, 11) is 0. The Morgan fingerprint density at radius 1 is 0.974 bits per heavy atom. The van der Waals surface area contributed by atoms with Crippen LogP contribution in [0.15, 0.2) is 54.6 Å². The van der Waals surface area contributed by atoms with Gasteiger partial charge in [0, 0.05) is 37.1 Å². The molecule has 3 amide bonds. The molecule has 2 aromatic rings. The van der Waals surface area contributed by atoms with Crippen LogP contribution in [-0.4, -0.2) is 59.1 Å². The monoisotopic (exact) mass is 535 g/mol. The van der Waals surface area contributed by atoms with Crippen molar-refractivity contribution in [2.75, 3.05) is 11.9 Å². The van der Waals surface area contributed by atoms with Crippen molar-refractivity contribution in [2.24, 2.45) is 5.92 Å². The summed E-state index contributed by atoms with van der Waals surface area (Å²) >= 11 is 0. The molecule has 1 aliphatic heterocycles. The number of hydrogen-bond donors (Lipinski definition) is 2. The van der Waals surface area contributed by atoms with Gasteiger partial charge in [-0.05, 0) is 62.9 Å². The van der Waals surface area contributed by atoms with E-state index in [1.165, 1.54) is 11.8 Å². The highest BCUT2D eigenvalue weighted by Crippen LogP contribution is 2.23. The van der Waals surface area contributed by atoms with Crippen molar-refractivity contribution >= 4 is 35.2 Å². The molecule has 1 aliphatic rings. The van der Waals surface area contributed by atoms with E-state index >= 15 is 0 Å². The molecule has 2 unspecified atom stereocenters. The zero-order valence-corrected chi connectivity index (χ0v) is 22.9. The first-order chi connectivity index (χ1) is 18.5. The summed E-state index contributed by atoms with van der Waals surface area (Å²) in [6, 6.07) is 14.2. The van der Waals surface area contributed by atoms with Crippen LogP contribution in [0.3, 0.4) is 0 Å². The molecule has 0 saturated carbocycles. The molecule has 1 fully saturated rings. The molecule has 208 valence electrons. The molecule has 3 atom stereocenters. The summed E-state index contributed by atoms with van der Waals surface area (Å²) in [5.41, 5.74) is 1.76. The number of esters is 1.